The van der Waals surface area contributed by atoms with E-state index in [4.69, 9.17) is 22.1 Å². The average molecular weight is 322 g/mol. The third kappa shape index (κ3) is 2.23. The maximum absolute atomic E-state index is 12.5. The minimum Gasteiger partial charge on any atom is -0.492 e. The summed E-state index contributed by atoms with van der Waals surface area (Å²) in [5, 5.41) is 6.83. The number of carbonyl (C=O) groups is 1. The van der Waals surface area contributed by atoms with E-state index in [-0.39, 0.29) is 5.91 Å². The molecule has 0 aromatic heterocycles. The standard InChI is InChI=1S/C16H20ClN3O2/c17-13-4-9(15-8(14(13)18)2-1-3-22-15)16(21)20-7-12-10-5-19-6-11(10)12/h4,10-12,19H,1-3,5-7,18H2,(H,20,21). The molecule has 1 aromatic carbocycles. The fourth-order valence-corrected chi connectivity index (χ4v) is 4.08. The SMILES string of the molecule is Nc1c(Cl)cc(C(=O)NCC2C3CNCC32)c2c1CCCO2. The van der Waals surface area contributed by atoms with E-state index >= 15 is 0 Å². The number of nitrogen functional groups attached to an aromatic ring is 1. The van der Waals surface area contributed by atoms with Gasteiger partial charge < -0.3 is 21.1 Å². The Bertz CT molecular complexity index is 624. The van der Waals surface area contributed by atoms with Crippen molar-refractivity contribution < 1.29 is 9.53 Å². The first-order valence-corrected chi connectivity index (χ1v) is 8.27. The van der Waals surface area contributed by atoms with Crippen molar-refractivity contribution in [1.29, 1.82) is 0 Å². The highest BCUT2D eigenvalue weighted by Crippen LogP contribution is 2.48. The van der Waals surface area contributed by atoms with Crippen LogP contribution >= 0.6 is 11.6 Å². The van der Waals surface area contributed by atoms with Crippen molar-refractivity contribution in [3.8, 4) is 5.75 Å². The molecule has 1 aliphatic carbocycles. The molecule has 5 nitrogen and oxygen atoms in total. The van der Waals surface area contributed by atoms with Gasteiger partial charge in [0, 0.05) is 12.1 Å². The van der Waals surface area contributed by atoms with Crippen molar-refractivity contribution in [2.45, 2.75) is 12.8 Å². The van der Waals surface area contributed by atoms with Gasteiger partial charge in [-0.15, -0.1) is 0 Å². The second-order valence-corrected chi connectivity index (χ2v) is 6.85. The predicted molar refractivity (Wildman–Crippen MR) is 85.4 cm³/mol. The fourth-order valence-electron chi connectivity index (χ4n) is 3.86. The van der Waals surface area contributed by atoms with Gasteiger partial charge in [0.25, 0.3) is 5.91 Å². The summed E-state index contributed by atoms with van der Waals surface area (Å²) < 4.78 is 5.70. The molecule has 2 atom stereocenters. The molecule has 0 spiro atoms. The van der Waals surface area contributed by atoms with Crippen molar-refractivity contribution in [2.24, 2.45) is 17.8 Å². The number of fused-ring (bicyclic) bond motifs is 2. The average Bonchev–Trinajstić information content (AvgIpc) is 2.96. The molecule has 3 aliphatic rings. The maximum atomic E-state index is 12.5. The summed E-state index contributed by atoms with van der Waals surface area (Å²) in [7, 11) is 0. The van der Waals surface area contributed by atoms with Crippen molar-refractivity contribution >= 4 is 23.2 Å². The number of nitrogens with one attached hydrogen (secondary N) is 2. The monoisotopic (exact) mass is 321 g/mol. The lowest BCUT2D eigenvalue weighted by atomic mass is 9.99. The Morgan fingerprint density at radius 1 is 1.45 bits per heavy atom. The zero-order chi connectivity index (χ0) is 15.3. The van der Waals surface area contributed by atoms with Crippen LogP contribution in [0, 0.1) is 17.8 Å². The van der Waals surface area contributed by atoms with Gasteiger partial charge in [-0.25, -0.2) is 0 Å². The van der Waals surface area contributed by atoms with E-state index in [2.05, 4.69) is 10.6 Å². The van der Waals surface area contributed by atoms with Crippen molar-refractivity contribution in [3.63, 3.8) is 0 Å². The van der Waals surface area contributed by atoms with E-state index in [1.54, 1.807) is 6.07 Å². The molecule has 2 fully saturated rings. The summed E-state index contributed by atoms with van der Waals surface area (Å²) in [6.07, 6.45) is 1.71. The minimum atomic E-state index is -0.113. The lowest BCUT2D eigenvalue weighted by molar-refractivity contribution is 0.0945. The molecule has 4 rings (SSSR count). The van der Waals surface area contributed by atoms with Crippen LogP contribution in [0.4, 0.5) is 5.69 Å². The van der Waals surface area contributed by atoms with Gasteiger partial charge in [0.15, 0.2) is 0 Å². The smallest absolute Gasteiger partial charge is 0.255 e. The van der Waals surface area contributed by atoms with Gasteiger partial charge in [0.1, 0.15) is 5.75 Å². The summed E-state index contributed by atoms with van der Waals surface area (Å²) >= 11 is 6.18. The van der Waals surface area contributed by atoms with Crippen LogP contribution in [0.25, 0.3) is 0 Å². The Hall–Kier alpha value is -1.46. The van der Waals surface area contributed by atoms with Crippen molar-refractivity contribution in [1.82, 2.24) is 10.6 Å². The Morgan fingerprint density at radius 2 is 2.23 bits per heavy atom. The highest BCUT2D eigenvalue weighted by atomic mass is 35.5. The fraction of sp³-hybridized carbons (Fsp3) is 0.562. The van der Waals surface area contributed by atoms with Crippen LogP contribution in [0.15, 0.2) is 6.07 Å². The number of benzene rings is 1. The van der Waals surface area contributed by atoms with Crippen LogP contribution in [0.5, 0.6) is 5.75 Å². The van der Waals surface area contributed by atoms with Crippen LogP contribution in [0.3, 0.4) is 0 Å². The molecule has 1 amide bonds. The molecule has 2 unspecified atom stereocenters. The van der Waals surface area contributed by atoms with Crippen molar-refractivity contribution in [3.05, 3.63) is 22.2 Å². The minimum absolute atomic E-state index is 0.113. The predicted octanol–water partition coefficient (Wildman–Crippen LogP) is 1.44. The highest BCUT2D eigenvalue weighted by Gasteiger charge is 2.52. The molecule has 6 heteroatoms. The molecule has 2 aliphatic heterocycles. The lowest BCUT2D eigenvalue weighted by Crippen LogP contribution is -2.29. The van der Waals surface area contributed by atoms with E-state index in [1.165, 1.54) is 0 Å². The molecule has 2 heterocycles. The molecule has 0 radical (unpaired) electrons. The van der Waals surface area contributed by atoms with Gasteiger partial charge in [-0.05, 0) is 49.8 Å². The molecular formula is C16H20ClN3O2. The molecule has 1 saturated heterocycles. The van der Waals surface area contributed by atoms with E-state index in [0.717, 1.165) is 49.9 Å². The maximum Gasteiger partial charge on any atom is 0.255 e. The number of amides is 1. The molecular weight excluding hydrogens is 302 g/mol. The Morgan fingerprint density at radius 3 is 3.00 bits per heavy atom. The number of hydrogen-bond donors (Lipinski definition) is 3. The van der Waals surface area contributed by atoms with Crippen molar-refractivity contribution in [2.75, 3.05) is 32.0 Å². The first kappa shape index (κ1) is 14.2. The largest absolute Gasteiger partial charge is 0.492 e. The first-order valence-electron chi connectivity index (χ1n) is 7.89. The molecule has 4 N–H and O–H groups in total. The van der Waals surface area contributed by atoms with Crippen LogP contribution in [-0.4, -0.2) is 32.1 Å². The summed E-state index contributed by atoms with van der Waals surface area (Å²) in [6, 6.07) is 1.63. The van der Waals surface area contributed by atoms with Gasteiger partial charge in [0.05, 0.1) is 22.9 Å². The third-order valence-corrected chi connectivity index (χ3v) is 5.51. The third-order valence-electron chi connectivity index (χ3n) is 5.20. The molecule has 1 saturated carbocycles. The Kier molecular flexibility index (Phi) is 3.42. The number of halogens is 1. The van der Waals surface area contributed by atoms with Crippen LogP contribution < -0.4 is 21.1 Å². The summed E-state index contributed by atoms with van der Waals surface area (Å²) in [5.74, 6) is 2.59. The zero-order valence-corrected chi connectivity index (χ0v) is 13.1. The topological polar surface area (TPSA) is 76.4 Å². The van der Waals surface area contributed by atoms with Gasteiger partial charge in [-0.2, -0.15) is 0 Å². The lowest BCUT2D eigenvalue weighted by Gasteiger charge is -2.22. The number of piperidine rings is 1. The number of carbonyl (C=O) groups excluding carboxylic acids is 1. The van der Waals surface area contributed by atoms with E-state index in [9.17, 15) is 4.79 Å². The van der Waals surface area contributed by atoms with Crippen LogP contribution in [0.2, 0.25) is 5.02 Å². The molecule has 1 aromatic rings. The number of nitrogens with two attached hydrogens (primary N) is 1. The number of rotatable bonds is 3. The quantitative estimate of drug-likeness (QED) is 0.736. The van der Waals surface area contributed by atoms with Crippen LogP contribution in [-0.2, 0) is 6.42 Å². The van der Waals surface area contributed by atoms with E-state index in [1.807, 2.05) is 0 Å². The number of ether oxygens (including phenoxy) is 1. The summed E-state index contributed by atoms with van der Waals surface area (Å²) in [6.45, 7) is 3.51. The first-order chi connectivity index (χ1) is 10.7. The molecule has 0 bridgehead atoms. The number of hydrogen-bond acceptors (Lipinski definition) is 4. The number of anilines is 1. The van der Waals surface area contributed by atoms with E-state index < -0.39 is 0 Å². The van der Waals surface area contributed by atoms with Gasteiger partial charge >= 0.3 is 0 Å². The van der Waals surface area contributed by atoms with Gasteiger partial charge in [-0.1, -0.05) is 11.6 Å². The van der Waals surface area contributed by atoms with Crippen LogP contribution in [0.1, 0.15) is 22.3 Å². The summed E-state index contributed by atoms with van der Waals surface area (Å²) in [4.78, 5) is 12.5. The highest BCUT2D eigenvalue weighted by molar-refractivity contribution is 6.33. The van der Waals surface area contributed by atoms with E-state index in [0.29, 0.717) is 34.5 Å². The molecule has 118 valence electrons. The summed E-state index contributed by atoms with van der Waals surface area (Å²) in [5.41, 5.74) is 7.94. The Labute approximate surface area is 134 Å². The second kappa shape index (κ2) is 5.32. The van der Waals surface area contributed by atoms with Gasteiger partial charge in [0.2, 0.25) is 0 Å². The second-order valence-electron chi connectivity index (χ2n) is 6.44. The Balaban J connectivity index is 1.51. The zero-order valence-electron chi connectivity index (χ0n) is 12.3. The normalized spacial score (nSPS) is 28.5. The van der Waals surface area contributed by atoms with Gasteiger partial charge in [-0.3, -0.25) is 4.79 Å². The molecule has 22 heavy (non-hydrogen) atoms.